The number of halogens is 1. The zero-order valence-electron chi connectivity index (χ0n) is 13.6. The van der Waals surface area contributed by atoms with E-state index < -0.39 is 5.41 Å². The third-order valence-corrected chi connectivity index (χ3v) is 6.31. The number of carbonyl (C=O) groups excluding carboxylic acids is 2. The van der Waals surface area contributed by atoms with Crippen molar-refractivity contribution in [2.24, 2.45) is 17.3 Å². The molecule has 0 spiro atoms. The maximum atomic E-state index is 12.7. The third kappa shape index (κ3) is 2.75. The van der Waals surface area contributed by atoms with Gasteiger partial charge in [-0.05, 0) is 64.2 Å². The Labute approximate surface area is 137 Å². The lowest BCUT2D eigenvalue weighted by molar-refractivity contribution is -0.173. The van der Waals surface area contributed by atoms with Crippen LogP contribution in [0.4, 0.5) is 0 Å². The first-order chi connectivity index (χ1) is 10.4. The summed E-state index contributed by atoms with van der Waals surface area (Å²) < 4.78 is 5.43. The fraction of sp³-hybridized carbons (Fsp3) is 0.882. The molecule has 124 valence electrons. The molecule has 0 heterocycles. The van der Waals surface area contributed by atoms with E-state index in [-0.39, 0.29) is 23.4 Å². The molecule has 0 radical (unpaired) electrons. The maximum absolute atomic E-state index is 12.7. The molecule has 4 rings (SSSR count). The summed E-state index contributed by atoms with van der Waals surface area (Å²) in [7, 11) is 0. The van der Waals surface area contributed by atoms with Crippen LogP contribution in [0.1, 0.15) is 52.4 Å². The number of alkyl halides is 1. The highest BCUT2D eigenvalue weighted by atomic mass is 35.5. The Balaban J connectivity index is 1.64. The van der Waals surface area contributed by atoms with Crippen LogP contribution in [-0.4, -0.2) is 41.3 Å². The smallest absolute Gasteiger partial charge is 0.312 e. The molecule has 4 nitrogen and oxygen atoms in total. The average molecular weight is 328 g/mol. The van der Waals surface area contributed by atoms with Crippen LogP contribution in [0.5, 0.6) is 0 Å². The van der Waals surface area contributed by atoms with Gasteiger partial charge in [-0.25, -0.2) is 0 Å². The van der Waals surface area contributed by atoms with Gasteiger partial charge >= 0.3 is 5.97 Å². The first-order valence-corrected chi connectivity index (χ1v) is 8.91. The summed E-state index contributed by atoms with van der Waals surface area (Å²) in [6, 6.07) is 0. The Morgan fingerprint density at radius 3 is 2.23 bits per heavy atom. The lowest BCUT2D eigenvalue weighted by Crippen LogP contribution is -2.56. The van der Waals surface area contributed by atoms with Gasteiger partial charge in [0.05, 0.1) is 5.41 Å². The molecule has 5 heteroatoms. The minimum absolute atomic E-state index is 0.108. The van der Waals surface area contributed by atoms with E-state index in [1.54, 1.807) is 4.90 Å². The van der Waals surface area contributed by atoms with E-state index in [1.807, 2.05) is 13.8 Å². The Hall–Kier alpha value is -0.770. The van der Waals surface area contributed by atoms with E-state index in [2.05, 4.69) is 0 Å². The summed E-state index contributed by atoms with van der Waals surface area (Å²) in [4.78, 5) is 26.2. The van der Waals surface area contributed by atoms with Gasteiger partial charge in [0.25, 0.3) is 5.91 Å². The summed E-state index contributed by atoms with van der Waals surface area (Å²) in [5.74, 6) is 0.824. The van der Waals surface area contributed by atoms with Crippen LogP contribution in [0.25, 0.3) is 0 Å². The third-order valence-electron chi connectivity index (χ3n) is 5.87. The molecule has 0 saturated heterocycles. The van der Waals surface area contributed by atoms with Crippen LogP contribution in [-0.2, 0) is 14.3 Å². The highest BCUT2D eigenvalue weighted by molar-refractivity contribution is 6.24. The highest BCUT2D eigenvalue weighted by Crippen LogP contribution is 2.64. The summed E-state index contributed by atoms with van der Waals surface area (Å²) in [6.45, 7) is 5.02. The van der Waals surface area contributed by atoms with E-state index in [0.29, 0.717) is 24.9 Å². The van der Waals surface area contributed by atoms with E-state index in [4.69, 9.17) is 16.3 Å². The zero-order chi connectivity index (χ0) is 16.0. The average Bonchev–Trinajstić information content (AvgIpc) is 2.43. The van der Waals surface area contributed by atoms with Gasteiger partial charge in [-0.15, -0.1) is 11.6 Å². The first-order valence-electron chi connectivity index (χ1n) is 8.53. The van der Waals surface area contributed by atoms with E-state index in [9.17, 15) is 9.59 Å². The van der Waals surface area contributed by atoms with Gasteiger partial charge in [-0.2, -0.15) is 0 Å². The van der Waals surface area contributed by atoms with E-state index in [1.165, 1.54) is 6.42 Å². The summed E-state index contributed by atoms with van der Waals surface area (Å²) in [5, 5.41) is 0. The van der Waals surface area contributed by atoms with Crippen LogP contribution in [0, 0.1) is 17.3 Å². The van der Waals surface area contributed by atoms with Gasteiger partial charge in [-0.3, -0.25) is 9.59 Å². The molecule has 2 unspecified atom stereocenters. The molecule has 0 aromatic carbocycles. The number of amides is 1. The second-order valence-corrected chi connectivity index (χ2v) is 8.34. The van der Waals surface area contributed by atoms with Crippen LogP contribution in [0.2, 0.25) is 0 Å². The summed E-state index contributed by atoms with van der Waals surface area (Å²) in [6.07, 6.45) is 5.82. The highest BCUT2D eigenvalue weighted by Gasteiger charge is 2.60. The number of carbonyl (C=O) groups is 2. The second-order valence-electron chi connectivity index (χ2n) is 7.53. The van der Waals surface area contributed by atoms with Crippen molar-refractivity contribution in [3.63, 3.8) is 0 Å². The topological polar surface area (TPSA) is 46.6 Å². The minimum Gasteiger partial charge on any atom is -0.455 e. The standard InChI is InChI=1S/C17H26ClNO3/c1-3-19(4-2)14(20)10-22-15(21)16-6-12-5-13(7-16)9-17(18,8-12)11-16/h12-13H,3-11H2,1-2H3/t12-,13+,16?,17?. The van der Waals surface area contributed by atoms with Crippen molar-refractivity contribution in [2.75, 3.05) is 19.7 Å². The van der Waals surface area contributed by atoms with Gasteiger partial charge in [-0.1, -0.05) is 0 Å². The summed E-state index contributed by atoms with van der Waals surface area (Å²) in [5.41, 5.74) is -0.421. The van der Waals surface area contributed by atoms with Crippen LogP contribution in [0.3, 0.4) is 0 Å². The van der Waals surface area contributed by atoms with Crippen LogP contribution < -0.4 is 0 Å². The fourth-order valence-corrected chi connectivity index (χ4v) is 6.03. The van der Waals surface area contributed by atoms with Crippen molar-refractivity contribution >= 4 is 23.5 Å². The number of likely N-dealkylation sites (N-methyl/N-ethyl adjacent to an activating group) is 1. The van der Waals surface area contributed by atoms with Gasteiger partial charge in [0, 0.05) is 18.0 Å². The molecule has 0 N–H and O–H groups in total. The quantitative estimate of drug-likeness (QED) is 0.576. The molecule has 0 aliphatic heterocycles. The SMILES string of the molecule is CCN(CC)C(=O)COC(=O)C12C[C@@H]3C[C@@H](CC(Cl)(C3)C1)C2. The molecular formula is C17H26ClNO3. The number of hydrogen-bond acceptors (Lipinski definition) is 3. The molecule has 0 aromatic rings. The maximum Gasteiger partial charge on any atom is 0.312 e. The van der Waals surface area contributed by atoms with Crippen molar-refractivity contribution in [2.45, 2.75) is 57.2 Å². The predicted molar refractivity (Wildman–Crippen MR) is 84.6 cm³/mol. The Morgan fingerprint density at radius 2 is 1.73 bits per heavy atom. The molecule has 22 heavy (non-hydrogen) atoms. The molecule has 4 aliphatic rings. The molecule has 4 aliphatic carbocycles. The molecule has 0 aromatic heterocycles. The number of rotatable bonds is 5. The van der Waals surface area contributed by atoms with Crippen molar-refractivity contribution in [1.82, 2.24) is 4.90 Å². The van der Waals surface area contributed by atoms with Gasteiger partial charge < -0.3 is 9.64 Å². The lowest BCUT2D eigenvalue weighted by Gasteiger charge is -2.58. The Kier molecular flexibility index (Phi) is 4.17. The largest absolute Gasteiger partial charge is 0.455 e. The molecule has 1 amide bonds. The Bertz CT molecular complexity index is 461. The first kappa shape index (κ1) is 16.1. The van der Waals surface area contributed by atoms with E-state index in [0.717, 1.165) is 32.1 Å². The summed E-state index contributed by atoms with van der Waals surface area (Å²) >= 11 is 6.74. The molecule has 4 bridgehead atoms. The van der Waals surface area contributed by atoms with Gasteiger partial charge in [0.1, 0.15) is 0 Å². The van der Waals surface area contributed by atoms with Gasteiger partial charge in [0.15, 0.2) is 6.61 Å². The molecule has 4 saturated carbocycles. The van der Waals surface area contributed by atoms with Crippen molar-refractivity contribution < 1.29 is 14.3 Å². The van der Waals surface area contributed by atoms with Crippen LogP contribution in [0.15, 0.2) is 0 Å². The van der Waals surface area contributed by atoms with Crippen molar-refractivity contribution in [1.29, 1.82) is 0 Å². The molecular weight excluding hydrogens is 302 g/mol. The minimum atomic E-state index is -0.421. The second kappa shape index (κ2) is 5.70. The monoisotopic (exact) mass is 327 g/mol. The number of ether oxygens (including phenoxy) is 1. The fourth-order valence-electron chi connectivity index (χ4n) is 5.34. The van der Waals surface area contributed by atoms with Crippen molar-refractivity contribution in [3.8, 4) is 0 Å². The zero-order valence-corrected chi connectivity index (χ0v) is 14.3. The van der Waals surface area contributed by atoms with E-state index >= 15 is 0 Å². The van der Waals surface area contributed by atoms with Gasteiger partial charge in [0.2, 0.25) is 0 Å². The number of esters is 1. The molecule has 4 fully saturated rings. The number of hydrogen-bond donors (Lipinski definition) is 0. The number of nitrogens with zero attached hydrogens (tertiary/aromatic N) is 1. The normalized spacial score (nSPS) is 38.9. The predicted octanol–water partition coefficient (Wildman–Crippen LogP) is 2.98. The Morgan fingerprint density at radius 1 is 1.14 bits per heavy atom. The van der Waals surface area contributed by atoms with Crippen molar-refractivity contribution in [3.05, 3.63) is 0 Å². The molecule has 4 atom stereocenters. The van der Waals surface area contributed by atoms with Crippen LogP contribution >= 0.6 is 11.6 Å². The lowest BCUT2D eigenvalue weighted by atomic mass is 9.49.